The molecular weight excluding hydrogens is 252 g/mol. The summed E-state index contributed by atoms with van der Waals surface area (Å²) in [5.74, 6) is 0.670. The van der Waals surface area contributed by atoms with Gasteiger partial charge in [0, 0.05) is 12.1 Å². The zero-order valence-corrected chi connectivity index (χ0v) is 12.5. The van der Waals surface area contributed by atoms with Crippen molar-refractivity contribution in [1.29, 1.82) is 0 Å². The van der Waals surface area contributed by atoms with Crippen LogP contribution in [0.25, 0.3) is 10.9 Å². The lowest BCUT2D eigenvalue weighted by Gasteiger charge is -2.32. The Morgan fingerprint density at radius 3 is 2.70 bits per heavy atom. The number of rotatable bonds is 5. The third-order valence-corrected chi connectivity index (χ3v) is 3.72. The Kier molecular flexibility index (Phi) is 4.20. The lowest BCUT2D eigenvalue weighted by atomic mass is 10.0. The molecule has 1 aromatic heterocycles. The van der Waals surface area contributed by atoms with Crippen molar-refractivity contribution in [2.75, 3.05) is 20.6 Å². The maximum absolute atomic E-state index is 11.9. The van der Waals surface area contributed by atoms with E-state index in [9.17, 15) is 4.79 Å². The molecule has 0 unspecified atom stereocenters. The molecule has 1 heterocycles. The van der Waals surface area contributed by atoms with Crippen molar-refractivity contribution in [3.63, 3.8) is 0 Å². The van der Waals surface area contributed by atoms with Gasteiger partial charge in [0.25, 0.3) is 5.56 Å². The van der Waals surface area contributed by atoms with Crippen LogP contribution in [0.3, 0.4) is 0 Å². The highest BCUT2D eigenvalue weighted by molar-refractivity contribution is 5.77. The minimum absolute atomic E-state index is 0.0527. The second-order valence-corrected chi connectivity index (χ2v) is 5.84. The molecular formula is C15H22N4O. The summed E-state index contributed by atoms with van der Waals surface area (Å²) in [5.41, 5.74) is 0.705. The zero-order valence-electron chi connectivity index (χ0n) is 12.5. The van der Waals surface area contributed by atoms with Crippen molar-refractivity contribution in [3.8, 4) is 0 Å². The number of hydrogen-bond donors (Lipinski definition) is 2. The Bertz CT molecular complexity index is 646. The average Bonchev–Trinajstić information content (AvgIpc) is 2.38. The van der Waals surface area contributed by atoms with Gasteiger partial charge in [0.05, 0.1) is 17.4 Å². The van der Waals surface area contributed by atoms with Crippen LogP contribution < -0.4 is 10.9 Å². The molecule has 0 bridgehead atoms. The Morgan fingerprint density at radius 2 is 2.00 bits per heavy atom. The first kappa shape index (κ1) is 14.7. The monoisotopic (exact) mass is 274 g/mol. The Labute approximate surface area is 119 Å². The molecule has 0 aliphatic carbocycles. The molecule has 0 amide bonds. The summed E-state index contributed by atoms with van der Waals surface area (Å²) < 4.78 is 0. The standard InChI is InChI=1S/C15H22N4O/c1-15(2,19(3)4)10-16-9-13-17-12-8-6-5-7-11(12)14(20)18-13/h5-8,16H,9-10H2,1-4H3,(H,17,18,20). The van der Waals surface area contributed by atoms with Crippen LogP contribution in [0.4, 0.5) is 0 Å². The smallest absolute Gasteiger partial charge is 0.258 e. The van der Waals surface area contributed by atoms with Crippen molar-refractivity contribution in [1.82, 2.24) is 20.2 Å². The predicted octanol–water partition coefficient (Wildman–Crippen LogP) is 1.35. The summed E-state index contributed by atoms with van der Waals surface area (Å²) in [6, 6.07) is 7.38. The number of aromatic nitrogens is 2. The van der Waals surface area contributed by atoms with E-state index in [0.717, 1.165) is 12.1 Å². The zero-order chi connectivity index (χ0) is 14.8. The van der Waals surface area contributed by atoms with E-state index in [-0.39, 0.29) is 11.1 Å². The summed E-state index contributed by atoms with van der Waals surface area (Å²) >= 11 is 0. The van der Waals surface area contributed by atoms with E-state index in [2.05, 4.69) is 48.1 Å². The normalized spacial score (nSPS) is 12.2. The fraction of sp³-hybridized carbons (Fsp3) is 0.467. The van der Waals surface area contributed by atoms with E-state index in [1.165, 1.54) is 0 Å². The van der Waals surface area contributed by atoms with E-state index in [0.29, 0.717) is 17.8 Å². The van der Waals surface area contributed by atoms with Crippen LogP contribution in [-0.4, -0.2) is 41.0 Å². The molecule has 5 nitrogen and oxygen atoms in total. The predicted molar refractivity (Wildman–Crippen MR) is 81.8 cm³/mol. The first-order valence-electron chi connectivity index (χ1n) is 6.76. The second kappa shape index (κ2) is 5.73. The first-order valence-corrected chi connectivity index (χ1v) is 6.76. The molecule has 20 heavy (non-hydrogen) atoms. The van der Waals surface area contributed by atoms with Gasteiger partial charge in [-0.15, -0.1) is 0 Å². The number of fused-ring (bicyclic) bond motifs is 1. The van der Waals surface area contributed by atoms with Crippen LogP contribution in [0, 0.1) is 0 Å². The van der Waals surface area contributed by atoms with Crippen LogP contribution in [0.15, 0.2) is 29.1 Å². The van der Waals surface area contributed by atoms with E-state index in [4.69, 9.17) is 0 Å². The van der Waals surface area contributed by atoms with Gasteiger partial charge in [-0.05, 0) is 40.1 Å². The summed E-state index contributed by atoms with van der Waals surface area (Å²) in [6.45, 7) is 5.70. The van der Waals surface area contributed by atoms with E-state index in [1.54, 1.807) is 6.07 Å². The molecule has 1 aromatic carbocycles. The Hall–Kier alpha value is -1.72. The van der Waals surface area contributed by atoms with Crippen molar-refractivity contribution < 1.29 is 0 Å². The maximum atomic E-state index is 11.9. The minimum Gasteiger partial charge on any atom is -0.309 e. The van der Waals surface area contributed by atoms with E-state index < -0.39 is 0 Å². The lowest BCUT2D eigenvalue weighted by Crippen LogP contribution is -2.46. The van der Waals surface area contributed by atoms with Crippen LogP contribution in [-0.2, 0) is 6.54 Å². The molecule has 2 rings (SSSR count). The molecule has 0 spiro atoms. The molecule has 2 aromatic rings. The van der Waals surface area contributed by atoms with Gasteiger partial charge in [0.15, 0.2) is 0 Å². The number of para-hydroxylation sites is 1. The molecule has 0 saturated carbocycles. The van der Waals surface area contributed by atoms with Gasteiger partial charge in [-0.2, -0.15) is 0 Å². The molecule has 0 fully saturated rings. The van der Waals surface area contributed by atoms with Gasteiger partial charge in [-0.3, -0.25) is 4.79 Å². The van der Waals surface area contributed by atoms with E-state index in [1.807, 2.05) is 18.2 Å². The summed E-state index contributed by atoms with van der Waals surface area (Å²) in [5, 5.41) is 3.97. The Balaban J connectivity index is 2.10. The van der Waals surface area contributed by atoms with Gasteiger partial charge in [-0.25, -0.2) is 4.98 Å². The van der Waals surface area contributed by atoms with Crippen LogP contribution in [0.5, 0.6) is 0 Å². The van der Waals surface area contributed by atoms with Crippen LogP contribution in [0.1, 0.15) is 19.7 Å². The van der Waals surface area contributed by atoms with Gasteiger partial charge < -0.3 is 15.2 Å². The van der Waals surface area contributed by atoms with Crippen molar-refractivity contribution >= 4 is 10.9 Å². The highest BCUT2D eigenvalue weighted by atomic mass is 16.1. The minimum atomic E-state index is -0.0840. The van der Waals surface area contributed by atoms with Gasteiger partial charge >= 0.3 is 0 Å². The third kappa shape index (κ3) is 3.23. The highest BCUT2D eigenvalue weighted by Gasteiger charge is 2.19. The van der Waals surface area contributed by atoms with Gasteiger partial charge in [0.1, 0.15) is 5.82 Å². The average molecular weight is 274 g/mol. The fourth-order valence-corrected chi connectivity index (χ4v) is 1.86. The van der Waals surface area contributed by atoms with Crippen LogP contribution >= 0.6 is 0 Å². The number of H-pyrrole nitrogens is 1. The third-order valence-electron chi connectivity index (χ3n) is 3.72. The summed E-state index contributed by atoms with van der Waals surface area (Å²) in [6.07, 6.45) is 0. The van der Waals surface area contributed by atoms with Gasteiger partial charge in [-0.1, -0.05) is 12.1 Å². The number of likely N-dealkylation sites (N-methyl/N-ethyl adjacent to an activating group) is 1. The van der Waals surface area contributed by atoms with Crippen molar-refractivity contribution in [2.45, 2.75) is 25.9 Å². The molecule has 0 radical (unpaired) electrons. The second-order valence-electron chi connectivity index (χ2n) is 5.84. The number of aromatic amines is 1. The van der Waals surface area contributed by atoms with E-state index >= 15 is 0 Å². The number of hydrogen-bond acceptors (Lipinski definition) is 4. The number of benzene rings is 1. The molecule has 0 aliphatic heterocycles. The lowest BCUT2D eigenvalue weighted by molar-refractivity contribution is 0.189. The molecule has 2 N–H and O–H groups in total. The SMILES string of the molecule is CN(C)C(C)(C)CNCc1nc2ccccc2c(=O)[nH]1. The molecule has 5 heteroatoms. The molecule has 0 atom stereocenters. The topological polar surface area (TPSA) is 61.0 Å². The molecule has 108 valence electrons. The van der Waals surface area contributed by atoms with Gasteiger partial charge in [0.2, 0.25) is 0 Å². The van der Waals surface area contributed by atoms with Crippen molar-refractivity contribution in [2.24, 2.45) is 0 Å². The fourth-order valence-electron chi connectivity index (χ4n) is 1.86. The quantitative estimate of drug-likeness (QED) is 0.864. The van der Waals surface area contributed by atoms with Crippen molar-refractivity contribution in [3.05, 3.63) is 40.4 Å². The largest absolute Gasteiger partial charge is 0.309 e. The number of nitrogens with zero attached hydrogens (tertiary/aromatic N) is 2. The summed E-state index contributed by atoms with van der Waals surface area (Å²) in [7, 11) is 4.11. The number of nitrogens with one attached hydrogen (secondary N) is 2. The molecule has 0 saturated heterocycles. The van der Waals surface area contributed by atoms with Crippen LogP contribution in [0.2, 0.25) is 0 Å². The Morgan fingerprint density at radius 1 is 1.30 bits per heavy atom. The first-order chi connectivity index (χ1) is 9.40. The summed E-state index contributed by atoms with van der Waals surface area (Å²) in [4.78, 5) is 21.4. The highest BCUT2D eigenvalue weighted by Crippen LogP contribution is 2.08. The maximum Gasteiger partial charge on any atom is 0.258 e. The molecule has 0 aliphatic rings.